The van der Waals surface area contributed by atoms with E-state index < -0.39 is 27.5 Å². The van der Waals surface area contributed by atoms with Crippen LogP contribution < -0.4 is 10.0 Å². The van der Waals surface area contributed by atoms with Crippen molar-refractivity contribution < 1.29 is 22.3 Å². The summed E-state index contributed by atoms with van der Waals surface area (Å²) in [5.41, 5.74) is 0.143. The number of nitrogens with one attached hydrogen (secondary N) is 2. The van der Waals surface area contributed by atoms with E-state index in [-0.39, 0.29) is 16.3 Å². The summed E-state index contributed by atoms with van der Waals surface area (Å²) in [5.74, 6) is -0.630. The lowest BCUT2D eigenvalue weighted by Crippen LogP contribution is -2.27. The molecule has 2 aromatic carbocycles. The number of carbonyl (C=O) groups excluding carboxylic acids is 1. The molecular weight excluding hydrogens is 359 g/mol. The van der Waals surface area contributed by atoms with Gasteiger partial charge in [-0.05, 0) is 58.0 Å². The quantitative estimate of drug-likeness (QED) is 0.829. The monoisotopic (exact) mass is 380 g/mol. The fraction of sp³-hybridized carbons (Fsp3) is 0.278. The smallest absolute Gasteiger partial charge is 0.412 e. The summed E-state index contributed by atoms with van der Waals surface area (Å²) in [4.78, 5) is 12.0. The fourth-order valence-corrected chi connectivity index (χ4v) is 3.12. The van der Waals surface area contributed by atoms with Crippen LogP contribution in [0.15, 0.2) is 47.4 Å². The van der Waals surface area contributed by atoms with Gasteiger partial charge in [-0.15, -0.1) is 0 Å². The molecule has 0 fully saturated rings. The summed E-state index contributed by atoms with van der Waals surface area (Å²) in [6, 6.07) is 9.58. The molecule has 0 atom stereocenters. The second kappa shape index (κ2) is 7.33. The Bertz CT molecular complexity index is 904. The third-order valence-electron chi connectivity index (χ3n) is 3.19. The Morgan fingerprint density at radius 2 is 1.65 bits per heavy atom. The van der Waals surface area contributed by atoms with Gasteiger partial charge < -0.3 is 4.74 Å². The summed E-state index contributed by atoms with van der Waals surface area (Å²) in [7, 11) is -3.90. The van der Waals surface area contributed by atoms with Gasteiger partial charge >= 0.3 is 6.09 Å². The number of rotatable bonds is 4. The topological polar surface area (TPSA) is 84.5 Å². The Balaban J connectivity index is 2.29. The van der Waals surface area contributed by atoms with Crippen LogP contribution in [-0.4, -0.2) is 20.1 Å². The van der Waals surface area contributed by atoms with Gasteiger partial charge in [0.2, 0.25) is 0 Å². The first kappa shape index (κ1) is 19.7. The molecule has 2 aromatic rings. The van der Waals surface area contributed by atoms with Crippen LogP contribution in [0.4, 0.5) is 20.6 Å². The maximum atomic E-state index is 13.6. The standard InChI is InChI=1S/C18H21FN2O4S/c1-12-5-8-14(9-6-12)26(23,24)21-15-10-7-13(19)11-16(15)20-17(22)25-18(2,3)4/h5-11,21H,1-4H3,(H,20,22). The van der Waals surface area contributed by atoms with Crippen molar-refractivity contribution >= 4 is 27.5 Å². The number of amides is 1. The minimum absolute atomic E-state index is 0.0258. The first-order valence-electron chi connectivity index (χ1n) is 7.85. The largest absolute Gasteiger partial charge is 0.444 e. The van der Waals surface area contributed by atoms with Crippen LogP contribution in [-0.2, 0) is 14.8 Å². The second-order valence-electron chi connectivity index (χ2n) is 6.74. The van der Waals surface area contributed by atoms with Crippen LogP contribution >= 0.6 is 0 Å². The normalized spacial score (nSPS) is 11.7. The molecular formula is C18H21FN2O4S. The van der Waals surface area contributed by atoms with E-state index in [2.05, 4.69) is 10.0 Å². The molecule has 0 unspecified atom stereocenters. The summed E-state index contributed by atoms with van der Waals surface area (Å²) < 4.78 is 46.1. The van der Waals surface area contributed by atoms with E-state index in [0.717, 1.165) is 17.7 Å². The molecule has 0 aliphatic carbocycles. The highest BCUT2D eigenvalue weighted by atomic mass is 32.2. The van der Waals surface area contributed by atoms with Gasteiger partial charge in [0.1, 0.15) is 11.4 Å². The number of sulfonamides is 1. The van der Waals surface area contributed by atoms with Crippen molar-refractivity contribution in [3.8, 4) is 0 Å². The van der Waals surface area contributed by atoms with Crippen LogP contribution in [0.5, 0.6) is 0 Å². The van der Waals surface area contributed by atoms with Gasteiger partial charge in [0.05, 0.1) is 16.3 Å². The van der Waals surface area contributed by atoms with Crippen LogP contribution in [0.25, 0.3) is 0 Å². The minimum atomic E-state index is -3.90. The van der Waals surface area contributed by atoms with Crippen molar-refractivity contribution in [2.24, 2.45) is 0 Å². The maximum absolute atomic E-state index is 13.6. The summed E-state index contributed by atoms with van der Waals surface area (Å²) in [5, 5.41) is 2.36. The molecule has 0 spiro atoms. The summed E-state index contributed by atoms with van der Waals surface area (Å²) >= 11 is 0. The van der Waals surface area contributed by atoms with Crippen molar-refractivity contribution in [3.05, 3.63) is 53.8 Å². The zero-order chi connectivity index (χ0) is 19.5. The van der Waals surface area contributed by atoms with Crippen molar-refractivity contribution in [1.82, 2.24) is 0 Å². The van der Waals surface area contributed by atoms with E-state index in [1.807, 2.05) is 6.92 Å². The van der Waals surface area contributed by atoms with E-state index in [4.69, 9.17) is 4.74 Å². The maximum Gasteiger partial charge on any atom is 0.412 e. The molecule has 8 heteroatoms. The molecule has 6 nitrogen and oxygen atoms in total. The average Bonchev–Trinajstić information content (AvgIpc) is 2.48. The molecule has 0 radical (unpaired) electrons. The predicted octanol–water partition coefficient (Wildman–Crippen LogP) is 4.28. The lowest BCUT2D eigenvalue weighted by atomic mass is 10.2. The predicted molar refractivity (Wildman–Crippen MR) is 98.2 cm³/mol. The highest BCUT2D eigenvalue weighted by molar-refractivity contribution is 7.92. The Hall–Kier alpha value is -2.61. The number of anilines is 2. The molecule has 0 heterocycles. The summed E-state index contributed by atoms with van der Waals surface area (Å²) in [6.07, 6.45) is -0.820. The summed E-state index contributed by atoms with van der Waals surface area (Å²) in [6.45, 7) is 6.88. The van der Waals surface area contributed by atoms with Gasteiger partial charge in [-0.25, -0.2) is 17.6 Å². The van der Waals surface area contributed by atoms with Crippen molar-refractivity contribution in [1.29, 1.82) is 0 Å². The number of ether oxygens (including phenoxy) is 1. The zero-order valence-electron chi connectivity index (χ0n) is 15.0. The number of carbonyl (C=O) groups is 1. The van der Waals surface area contributed by atoms with Gasteiger partial charge in [-0.3, -0.25) is 10.0 Å². The van der Waals surface area contributed by atoms with E-state index in [1.165, 1.54) is 18.2 Å². The van der Waals surface area contributed by atoms with Crippen LogP contribution in [0, 0.1) is 12.7 Å². The van der Waals surface area contributed by atoms with E-state index in [1.54, 1.807) is 32.9 Å². The van der Waals surface area contributed by atoms with Gasteiger partial charge in [0.25, 0.3) is 10.0 Å². The highest BCUT2D eigenvalue weighted by Gasteiger charge is 2.20. The van der Waals surface area contributed by atoms with Gasteiger partial charge in [0.15, 0.2) is 0 Å². The minimum Gasteiger partial charge on any atom is -0.444 e. The van der Waals surface area contributed by atoms with Crippen molar-refractivity contribution in [2.75, 3.05) is 10.0 Å². The van der Waals surface area contributed by atoms with Crippen molar-refractivity contribution in [2.45, 2.75) is 38.2 Å². The molecule has 1 amide bonds. The molecule has 0 saturated carbocycles. The fourth-order valence-electron chi connectivity index (χ4n) is 2.04. The van der Waals surface area contributed by atoms with E-state index in [9.17, 15) is 17.6 Å². The SMILES string of the molecule is Cc1ccc(S(=O)(=O)Nc2ccc(F)cc2NC(=O)OC(C)(C)C)cc1. The van der Waals surface area contributed by atoms with Crippen LogP contribution in [0.2, 0.25) is 0 Å². The Morgan fingerprint density at radius 3 is 2.23 bits per heavy atom. The zero-order valence-corrected chi connectivity index (χ0v) is 15.8. The van der Waals surface area contributed by atoms with Crippen LogP contribution in [0.1, 0.15) is 26.3 Å². The highest BCUT2D eigenvalue weighted by Crippen LogP contribution is 2.26. The number of aryl methyl sites for hydroxylation is 1. The number of hydrogen-bond donors (Lipinski definition) is 2. The van der Waals surface area contributed by atoms with Gasteiger partial charge in [-0.1, -0.05) is 17.7 Å². The first-order chi connectivity index (χ1) is 12.0. The molecule has 0 aliphatic rings. The lowest BCUT2D eigenvalue weighted by molar-refractivity contribution is 0.0636. The van der Waals surface area contributed by atoms with Crippen LogP contribution in [0.3, 0.4) is 0 Å². The molecule has 26 heavy (non-hydrogen) atoms. The number of halogens is 1. The molecule has 2 N–H and O–H groups in total. The average molecular weight is 380 g/mol. The Labute approximate surface area is 152 Å². The third kappa shape index (κ3) is 5.45. The van der Waals surface area contributed by atoms with Crippen molar-refractivity contribution in [3.63, 3.8) is 0 Å². The number of hydrogen-bond acceptors (Lipinski definition) is 4. The Kier molecular flexibility index (Phi) is 5.56. The van der Waals surface area contributed by atoms with Gasteiger partial charge in [-0.2, -0.15) is 0 Å². The number of benzene rings is 2. The molecule has 0 aromatic heterocycles. The molecule has 140 valence electrons. The molecule has 0 saturated heterocycles. The third-order valence-corrected chi connectivity index (χ3v) is 4.57. The molecule has 2 rings (SSSR count). The van der Waals surface area contributed by atoms with E-state index >= 15 is 0 Å². The molecule has 0 aliphatic heterocycles. The second-order valence-corrected chi connectivity index (χ2v) is 8.42. The van der Waals surface area contributed by atoms with E-state index in [0.29, 0.717) is 0 Å². The molecule has 0 bridgehead atoms. The lowest BCUT2D eigenvalue weighted by Gasteiger charge is -2.20. The van der Waals surface area contributed by atoms with Gasteiger partial charge in [0, 0.05) is 0 Å². The first-order valence-corrected chi connectivity index (χ1v) is 9.34. The Morgan fingerprint density at radius 1 is 1.04 bits per heavy atom.